The number of carbonyl (C=O) groups is 1. The first kappa shape index (κ1) is 25.2. The van der Waals surface area contributed by atoms with Crippen LogP contribution in [0.15, 0.2) is 12.2 Å². The fourth-order valence-corrected chi connectivity index (χ4v) is 8.94. The summed E-state index contributed by atoms with van der Waals surface area (Å²) in [6, 6.07) is 0. The van der Waals surface area contributed by atoms with E-state index in [4.69, 9.17) is 0 Å². The van der Waals surface area contributed by atoms with Crippen LogP contribution in [0.4, 0.5) is 0 Å². The molecule has 0 spiro atoms. The van der Waals surface area contributed by atoms with Gasteiger partial charge in [0.25, 0.3) is 0 Å². The molecule has 0 heterocycles. The van der Waals surface area contributed by atoms with Gasteiger partial charge in [0.15, 0.2) is 0 Å². The van der Waals surface area contributed by atoms with Gasteiger partial charge in [0.05, 0.1) is 24.2 Å². The third-order valence-electron chi connectivity index (χ3n) is 11.4. The Morgan fingerprint density at radius 1 is 0.939 bits per heavy atom. The highest BCUT2D eigenvalue weighted by Crippen LogP contribution is 2.68. The molecule has 4 N–H and O–H groups in total. The highest BCUT2D eigenvalue weighted by molar-refractivity contribution is 5.70. The maximum Gasteiger partial charge on any atom is 0.306 e. The molecule has 0 aromatic carbocycles. The zero-order valence-corrected chi connectivity index (χ0v) is 21.2. The van der Waals surface area contributed by atoms with Gasteiger partial charge in [-0.15, -0.1) is 0 Å². The summed E-state index contributed by atoms with van der Waals surface area (Å²) in [7, 11) is 0. The van der Waals surface area contributed by atoms with E-state index in [9.17, 15) is 25.2 Å². The molecule has 0 radical (unpaired) electrons. The van der Waals surface area contributed by atoms with Crippen LogP contribution in [0, 0.1) is 58.2 Å². The summed E-state index contributed by atoms with van der Waals surface area (Å²) in [5.41, 5.74) is -0.137. The lowest BCUT2D eigenvalue weighted by molar-refractivity contribution is -0.206. The average Bonchev–Trinajstić information content (AvgIpc) is 3.11. The van der Waals surface area contributed by atoms with E-state index in [1.54, 1.807) is 6.92 Å². The normalized spacial score (nSPS) is 50.2. The van der Waals surface area contributed by atoms with Crippen molar-refractivity contribution in [2.75, 3.05) is 0 Å². The van der Waals surface area contributed by atoms with Crippen molar-refractivity contribution in [2.45, 2.75) is 97.9 Å². The lowest BCUT2D eigenvalue weighted by atomic mass is 9.43. The highest BCUT2D eigenvalue weighted by Gasteiger charge is 2.65. The van der Waals surface area contributed by atoms with E-state index in [2.05, 4.69) is 26.8 Å². The number of fused-ring (bicyclic) bond motifs is 5. The number of hydrogen-bond acceptors (Lipinski definition) is 4. The van der Waals surface area contributed by atoms with Crippen molar-refractivity contribution in [3.8, 4) is 0 Å². The Morgan fingerprint density at radius 3 is 2.30 bits per heavy atom. The summed E-state index contributed by atoms with van der Waals surface area (Å²) >= 11 is 0. The second-order valence-electron chi connectivity index (χ2n) is 12.8. The van der Waals surface area contributed by atoms with E-state index < -0.39 is 18.0 Å². The van der Waals surface area contributed by atoms with Gasteiger partial charge in [-0.1, -0.05) is 46.8 Å². The number of aliphatic hydroxyl groups excluding tert-OH is 3. The Balaban J connectivity index is 1.56. The quantitative estimate of drug-likeness (QED) is 0.451. The summed E-state index contributed by atoms with van der Waals surface area (Å²) in [5.74, 6) is 0.546. The van der Waals surface area contributed by atoms with E-state index in [0.29, 0.717) is 23.7 Å². The van der Waals surface area contributed by atoms with Gasteiger partial charge < -0.3 is 20.4 Å². The molecule has 4 fully saturated rings. The van der Waals surface area contributed by atoms with Crippen molar-refractivity contribution in [2.24, 2.45) is 58.2 Å². The molecule has 13 atom stereocenters. The average molecular weight is 463 g/mol. The van der Waals surface area contributed by atoms with Crippen LogP contribution in [-0.4, -0.2) is 44.7 Å². The van der Waals surface area contributed by atoms with Crippen molar-refractivity contribution in [1.29, 1.82) is 0 Å². The van der Waals surface area contributed by atoms with E-state index in [-0.39, 0.29) is 40.8 Å². The minimum atomic E-state index is -0.769. The molecule has 0 amide bonds. The Hall–Kier alpha value is -0.910. The van der Waals surface area contributed by atoms with Gasteiger partial charge in [-0.2, -0.15) is 0 Å². The van der Waals surface area contributed by atoms with Crippen LogP contribution in [0.3, 0.4) is 0 Å². The van der Waals surface area contributed by atoms with E-state index in [1.807, 2.05) is 13.0 Å². The zero-order chi connectivity index (χ0) is 24.3. The van der Waals surface area contributed by atoms with Crippen molar-refractivity contribution in [1.82, 2.24) is 0 Å². The van der Waals surface area contributed by atoms with E-state index in [1.165, 1.54) is 0 Å². The predicted octanol–water partition coefficient (Wildman–Crippen LogP) is 4.50. The number of carboxylic acids is 1. The third-order valence-corrected chi connectivity index (χ3v) is 11.4. The van der Waals surface area contributed by atoms with E-state index in [0.717, 1.165) is 44.9 Å². The summed E-state index contributed by atoms with van der Waals surface area (Å²) in [5, 5.41) is 42.6. The maximum absolute atomic E-state index is 11.6. The first-order valence-electron chi connectivity index (χ1n) is 13.4. The Bertz CT molecular complexity index is 765. The molecule has 188 valence electrons. The lowest BCUT2D eigenvalue weighted by Gasteiger charge is -2.63. The van der Waals surface area contributed by atoms with Crippen LogP contribution in [0.25, 0.3) is 0 Å². The molecule has 33 heavy (non-hydrogen) atoms. The van der Waals surface area contributed by atoms with Crippen molar-refractivity contribution < 1.29 is 25.2 Å². The van der Waals surface area contributed by atoms with Gasteiger partial charge in [0, 0.05) is 5.41 Å². The summed E-state index contributed by atoms with van der Waals surface area (Å²) in [6.45, 7) is 10.5. The first-order chi connectivity index (χ1) is 15.4. The fraction of sp³-hybridized carbons (Fsp3) is 0.893. The second kappa shape index (κ2) is 8.95. The molecule has 5 nitrogen and oxygen atoms in total. The number of hydrogen-bond donors (Lipinski definition) is 4. The zero-order valence-electron chi connectivity index (χ0n) is 21.2. The van der Waals surface area contributed by atoms with Crippen LogP contribution >= 0.6 is 0 Å². The highest BCUT2D eigenvalue weighted by atomic mass is 16.4. The Labute approximate surface area is 199 Å². The molecule has 0 saturated heterocycles. The molecular weight excluding hydrogens is 416 g/mol. The minimum absolute atomic E-state index is 0.0330. The molecular formula is C28H46O5. The SMILES string of the molecule is CC(C=CC(C)C1CCC2C3C(O)CC4CC(O)CCC4(C)C3CC(O)C12C)C(C)C(=O)O. The standard InChI is InChI=1S/C28H46O5/c1-15(17(3)26(32)33)6-7-16(2)20-8-9-21-25-22(14-24(31)28(20,21)5)27(4)11-10-19(29)12-18(27)13-23(25)30/h6-7,15-25,29-31H,8-14H2,1-5H3,(H,32,33). The fourth-order valence-electron chi connectivity index (χ4n) is 8.94. The third kappa shape index (κ3) is 4.00. The monoisotopic (exact) mass is 462 g/mol. The maximum atomic E-state index is 11.6. The van der Waals surface area contributed by atoms with Gasteiger partial charge in [0.1, 0.15) is 0 Å². The van der Waals surface area contributed by atoms with Crippen molar-refractivity contribution in [3.63, 3.8) is 0 Å². The Kier molecular flexibility index (Phi) is 6.83. The van der Waals surface area contributed by atoms with Gasteiger partial charge in [-0.3, -0.25) is 4.79 Å². The molecule has 5 heteroatoms. The minimum Gasteiger partial charge on any atom is -0.481 e. The lowest BCUT2D eigenvalue weighted by Crippen LogP contribution is -2.62. The van der Waals surface area contributed by atoms with Gasteiger partial charge in [-0.25, -0.2) is 0 Å². The van der Waals surface area contributed by atoms with Crippen LogP contribution in [0.5, 0.6) is 0 Å². The van der Waals surface area contributed by atoms with Crippen LogP contribution in [0.1, 0.15) is 79.6 Å². The molecule has 4 aliphatic rings. The number of rotatable bonds is 5. The molecule has 0 aliphatic heterocycles. The molecule has 4 saturated carbocycles. The summed E-state index contributed by atoms with van der Waals surface area (Å²) < 4.78 is 0. The van der Waals surface area contributed by atoms with Crippen molar-refractivity contribution in [3.05, 3.63) is 12.2 Å². The molecule has 4 aliphatic carbocycles. The van der Waals surface area contributed by atoms with Crippen molar-refractivity contribution >= 4 is 5.97 Å². The van der Waals surface area contributed by atoms with Gasteiger partial charge in [-0.05, 0) is 91.8 Å². The molecule has 0 aromatic rings. The Morgan fingerprint density at radius 2 is 1.64 bits per heavy atom. The molecule has 0 bridgehead atoms. The number of aliphatic hydroxyl groups is 3. The van der Waals surface area contributed by atoms with Crippen LogP contribution in [-0.2, 0) is 4.79 Å². The smallest absolute Gasteiger partial charge is 0.306 e. The summed E-state index contributed by atoms with van der Waals surface area (Å²) in [6.07, 6.45) is 9.46. The second-order valence-corrected chi connectivity index (χ2v) is 12.8. The predicted molar refractivity (Wildman–Crippen MR) is 128 cm³/mol. The molecule has 4 rings (SSSR count). The first-order valence-corrected chi connectivity index (χ1v) is 13.4. The largest absolute Gasteiger partial charge is 0.481 e. The summed E-state index contributed by atoms with van der Waals surface area (Å²) in [4.78, 5) is 11.3. The molecule has 0 aromatic heterocycles. The number of allylic oxidation sites excluding steroid dienone is 2. The number of carboxylic acid groups (broad SMARTS) is 1. The molecule has 13 unspecified atom stereocenters. The topological polar surface area (TPSA) is 98.0 Å². The number of aliphatic carboxylic acids is 1. The van der Waals surface area contributed by atoms with Crippen LogP contribution in [0.2, 0.25) is 0 Å². The van der Waals surface area contributed by atoms with Crippen LogP contribution < -0.4 is 0 Å². The van der Waals surface area contributed by atoms with Gasteiger partial charge >= 0.3 is 5.97 Å². The van der Waals surface area contributed by atoms with Gasteiger partial charge in [0.2, 0.25) is 0 Å². The van der Waals surface area contributed by atoms with E-state index >= 15 is 0 Å².